The van der Waals surface area contributed by atoms with Gasteiger partial charge in [0, 0.05) is 18.5 Å². The van der Waals surface area contributed by atoms with Gasteiger partial charge in [0.05, 0.1) is 18.0 Å². The quantitative estimate of drug-likeness (QED) is 0.282. The second-order valence-corrected chi connectivity index (χ2v) is 9.44. The van der Waals surface area contributed by atoms with E-state index >= 15 is 0 Å². The highest BCUT2D eigenvalue weighted by Crippen LogP contribution is 2.38. The number of aromatic hydroxyl groups is 1. The maximum absolute atomic E-state index is 12.8. The molecule has 35 heavy (non-hydrogen) atoms. The van der Waals surface area contributed by atoms with Crippen LogP contribution in [-0.4, -0.2) is 23.2 Å². The highest BCUT2D eigenvalue weighted by molar-refractivity contribution is 7.13. The third kappa shape index (κ3) is 4.46. The number of carbonyl (C=O) groups is 1. The Balaban J connectivity index is 1.54. The molecule has 0 bridgehead atoms. The van der Waals surface area contributed by atoms with E-state index in [-0.39, 0.29) is 33.7 Å². The molecule has 1 atom stereocenters. The first-order valence-corrected chi connectivity index (χ1v) is 12.0. The van der Waals surface area contributed by atoms with Crippen molar-refractivity contribution in [1.29, 1.82) is 0 Å². The summed E-state index contributed by atoms with van der Waals surface area (Å²) < 4.78 is 10.7. The van der Waals surface area contributed by atoms with E-state index in [0.29, 0.717) is 29.7 Å². The van der Waals surface area contributed by atoms with Crippen LogP contribution in [-0.2, 0) is 0 Å². The first kappa shape index (κ1) is 24.3. The maximum atomic E-state index is 12.8. The fourth-order valence-corrected chi connectivity index (χ4v) is 4.41. The number of carbonyl (C=O) groups excluding carboxylic acids is 1. The summed E-state index contributed by atoms with van der Waals surface area (Å²) in [6, 6.07) is 3.20. The lowest BCUT2D eigenvalue weighted by molar-refractivity contribution is 0.0993. The zero-order valence-electron chi connectivity index (χ0n) is 20.0. The second kappa shape index (κ2) is 9.41. The molecule has 0 aliphatic heterocycles. The number of furan rings is 1. The van der Waals surface area contributed by atoms with Crippen LogP contribution in [0.5, 0.6) is 5.75 Å². The van der Waals surface area contributed by atoms with Gasteiger partial charge >= 0.3 is 0 Å². The van der Waals surface area contributed by atoms with Crippen molar-refractivity contribution in [3.8, 4) is 5.75 Å². The number of hydrogen-bond acceptors (Lipinski definition) is 10. The highest BCUT2D eigenvalue weighted by atomic mass is 32.1. The number of anilines is 4. The van der Waals surface area contributed by atoms with Crippen LogP contribution in [0.15, 0.2) is 42.3 Å². The Morgan fingerprint density at radius 1 is 1.23 bits per heavy atom. The summed E-state index contributed by atoms with van der Waals surface area (Å²) in [6.07, 6.45) is 2.30. The predicted molar refractivity (Wildman–Crippen MR) is 134 cm³/mol. The molecule has 10 nitrogen and oxygen atoms in total. The minimum atomic E-state index is -0.710. The lowest BCUT2D eigenvalue weighted by atomic mass is 10.0. The van der Waals surface area contributed by atoms with Crippen molar-refractivity contribution in [3.63, 3.8) is 0 Å². The van der Waals surface area contributed by atoms with E-state index in [2.05, 4.69) is 29.6 Å². The van der Waals surface area contributed by atoms with Crippen molar-refractivity contribution in [2.45, 2.75) is 46.1 Å². The molecule has 0 aliphatic carbocycles. The summed E-state index contributed by atoms with van der Waals surface area (Å²) in [5.74, 6) is 0.963. The van der Waals surface area contributed by atoms with Crippen LogP contribution < -0.4 is 26.4 Å². The second-order valence-electron chi connectivity index (χ2n) is 8.56. The fourth-order valence-electron chi connectivity index (χ4n) is 3.55. The molecule has 0 saturated carbocycles. The first-order valence-electron chi connectivity index (χ1n) is 11.1. The molecule has 1 aromatic carbocycles. The van der Waals surface area contributed by atoms with Crippen molar-refractivity contribution >= 4 is 40.1 Å². The van der Waals surface area contributed by atoms with E-state index < -0.39 is 16.8 Å². The topological polar surface area (TPSA) is 138 Å². The maximum Gasteiger partial charge on any atom is 0.273 e. The van der Waals surface area contributed by atoms with Crippen molar-refractivity contribution in [2.75, 3.05) is 22.6 Å². The normalized spacial score (nSPS) is 12.3. The van der Waals surface area contributed by atoms with Crippen molar-refractivity contribution in [3.05, 3.63) is 66.2 Å². The van der Waals surface area contributed by atoms with Gasteiger partial charge in [0.25, 0.3) is 16.8 Å². The van der Waals surface area contributed by atoms with Crippen LogP contribution in [0.3, 0.4) is 0 Å². The fraction of sp³-hybridized carbons (Fsp3) is 0.333. The van der Waals surface area contributed by atoms with Crippen molar-refractivity contribution in [2.24, 2.45) is 0 Å². The lowest BCUT2D eigenvalue weighted by Crippen LogP contribution is -2.37. The largest absolute Gasteiger partial charge is 0.504 e. The Kier molecular flexibility index (Phi) is 6.53. The Labute approximate surface area is 204 Å². The molecular weight excluding hydrogens is 472 g/mol. The number of nitrogens with one attached hydrogen (secondary N) is 2. The van der Waals surface area contributed by atoms with E-state index in [4.69, 9.17) is 8.94 Å². The van der Waals surface area contributed by atoms with Gasteiger partial charge in [-0.1, -0.05) is 25.9 Å². The number of rotatable bonds is 9. The number of nitrogens with zero attached hydrogens (tertiary/aromatic N) is 2. The van der Waals surface area contributed by atoms with Crippen molar-refractivity contribution in [1.82, 2.24) is 5.16 Å². The zero-order chi connectivity index (χ0) is 25.4. The van der Waals surface area contributed by atoms with Crippen LogP contribution >= 0.6 is 11.3 Å². The molecule has 0 spiro atoms. The summed E-state index contributed by atoms with van der Waals surface area (Å²) in [6.45, 7) is 7.74. The van der Waals surface area contributed by atoms with E-state index in [0.717, 1.165) is 16.9 Å². The predicted octanol–water partition coefficient (Wildman–Crippen LogP) is 4.65. The molecule has 0 radical (unpaired) electrons. The van der Waals surface area contributed by atoms with Gasteiger partial charge in [0.15, 0.2) is 11.6 Å². The lowest BCUT2D eigenvalue weighted by Gasteiger charge is -2.20. The molecule has 3 aromatic heterocycles. The van der Waals surface area contributed by atoms with Crippen LogP contribution in [0.2, 0.25) is 0 Å². The summed E-state index contributed by atoms with van der Waals surface area (Å²) >= 11 is 0.998. The summed E-state index contributed by atoms with van der Waals surface area (Å²) in [5, 5.41) is 21.9. The summed E-state index contributed by atoms with van der Waals surface area (Å²) in [7, 11) is 1.51. The third-order valence-electron chi connectivity index (χ3n) is 5.77. The van der Waals surface area contributed by atoms with Gasteiger partial charge in [-0.25, -0.2) is 0 Å². The van der Waals surface area contributed by atoms with Gasteiger partial charge in [-0.15, -0.1) is 11.3 Å². The molecule has 4 aromatic rings. The number of thiophene rings is 1. The molecular formula is C24H26N4O6S. The minimum absolute atomic E-state index is 0.0247. The smallest absolute Gasteiger partial charge is 0.273 e. The zero-order valence-corrected chi connectivity index (χ0v) is 20.8. The number of aryl methyl sites for hydroxylation is 1. The Bertz CT molecular complexity index is 1440. The van der Waals surface area contributed by atoms with Gasteiger partial charge in [0.1, 0.15) is 27.8 Å². The number of aromatic nitrogens is 1. The molecule has 184 valence electrons. The van der Waals surface area contributed by atoms with Crippen LogP contribution in [0, 0.1) is 6.92 Å². The molecule has 3 heterocycles. The van der Waals surface area contributed by atoms with Crippen molar-refractivity contribution < 1.29 is 18.8 Å². The van der Waals surface area contributed by atoms with Gasteiger partial charge in [-0.05, 0) is 30.9 Å². The SMILES string of the molecule is CC[C@@H](Nc1c(Nc2csc(C(=O)N(C)c3cc(C)on3)c2O)c(=O)c1=O)c1cc(C(C)C)co1. The van der Waals surface area contributed by atoms with E-state index in [1.54, 1.807) is 19.3 Å². The highest BCUT2D eigenvalue weighted by Gasteiger charge is 2.28. The first-order chi connectivity index (χ1) is 16.6. The Hall–Kier alpha value is -3.86. The Morgan fingerprint density at radius 3 is 2.54 bits per heavy atom. The third-order valence-corrected chi connectivity index (χ3v) is 6.73. The van der Waals surface area contributed by atoms with E-state index in [1.807, 2.05) is 13.0 Å². The van der Waals surface area contributed by atoms with E-state index in [9.17, 15) is 19.5 Å². The average Bonchev–Trinajstić information content (AvgIpc) is 3.58. The van der Waals surface area contributed by atoms with Crippen LogP contribution in [0.4, 0.5) is 22.9 Å². The van der Waals surface area contributed by atoms with E-state index in [1.165, 1.54) is 17.3 Å². The van der Waals surface area contributed by atoms with Gasteiger partial charge in [-0.2, -0.15) is 0 Å². The molecule has 0 aliphatic rings. The molecule has 0 saturated heterocycles. The molecule has 3 N–H and O–H groups in total. The Morgan fingerprint density at radius 2 is 1.94 bits per heavy atom. The molecule has 0 fully saturated rings. The molecule has 11 heteroatoms. The van der Waals surface area contributed by atoms with Gasteiger partial charge in [-0.3, -0.25) is 19.3 Å². The average molecular weight is 499 g/mol. The van der Waals surface area contributed by atoms with Gasteiger partial charge < -0.3 is 24.7 Å². The minimum Gasteiger partial charge on any atom is -0.504 e. The molecule has 4 rings (SSSR count). The summed E-state index contributed by atoms with van der Waals surface area (Å²) in [5.41, 5.74) is -0.0529. The summed E-state index contributed by atoms with van der Waals surface area (Å²) in [4.78, 5) is 38.8. The van der Waals surface area contributed by atoms with Crippen LogP contribution in [0.25, 0.3) is 0 Å². The van der Waals surface area contributed by atoms with Gasteiger partial charge in [0.2, 0.25) is 0 Å². The molecule has 1 amide bonds. The number of amides is 1. The van der Waals surface area contributed by atoms with Crippen LogP contribution in [0.1, 0.15) is 65.9 Å². The standard InChI is InChI=1S/C24H26N4O6S/c1-6-14(16-8-13(9-33-16)11(2)3)25-18-19(22(31)21(18)30)26-15-10-35-23(20(15)29)24(32)28(5)17-7-12(4)34-27-17/h7-11,14,25-26,29H,6H2,1-5H3/t14-/m1/s1. The molecule has 0 unspecified atom stereocenters. The number of hydrogen-bond donors (Lipinski definition) is 3. The monoisotopic (exact) mass is 498 g/mol.